The normalized spacial score (nSPS) is 11.0. The Morgan fingerprint density at radius 1 is 1.24 bits per heavy atom. The van der Waals surface area contributed by atoms with Crippen LogP contribution in [0.5, 0.6) is 0 Å². The molecule has 3 aromatic rings. The summed E-state index contributed by atoms with van der Waals surface area (Å²) in [5, 5.41) is 9.44. The summed E-state index contributed by atoms with van der Waals surface area (Å²) in [6.07, 6.45) is 1.65. The van der Waals surface area contributed by atoms with Crippen molar-refractivity contribution < 1.29 is 4.42 Å². The Balaban J connectivity index is 1.80. The molecule has 0 aliphatic heterocycles. The van der Waals surface area contributed by atoms with Gasteiger partial charge in [0.1, 0.15) is 0 Å². The van der Waals surface area contributed by atoms with Crippen molar-refractivity contribution >= 4 is 27.7 Å². The van der Waals surface area contributed by atoms with Crippen LogP contribution in [0.2, 0.25) is 0 Å². The summed E-state index contributed by atoms with van der Waals surface area (Å²) in [4.78, 5) is 0. The van der Waals surface area contributed by atoms with Gasteiger partial charge in [0.05, 0.1) is 6.26 Å². The summed E-state index contributed by atoms with van der Waals surface area (Å²) in [5.74, 6) is 2.38. The lowest BCUT2D eigenvalue weighted by Crippen LogP contribution is -1.99. The molecule has 21 heavy (non-hydrogen) atoms. The van der Waals surface area contributed by atoms with Gasteiger partial charge >= 0.3 is 0 Å². The van der Waals surface area contributed by atoms with Gasteiger partial charge in [-0.05, 0) is 36.8 Å². The number of rotatable bonds is 5. The van der Waals surface area contributed by atoms with Crippen molar-refractivity contribution in [1.29, 1.82) is 0 Å². The zero-order valence-corrected chi connectivity index (χ0v) is 13.9. The minimum absolute atomic E-state index is 0.749. The third-order valence-electron chi connectivity index (χ3n) is 3.03. The molecule has 0 aliphatic carbocycles. The number of halogens is 1. The Labute approximate surface area is 135 Å². The summed E-state index contributed by atoms with van der Waals surface area (Å²) in [7, 11) is 0. The first-order chi connectivity index (χ1) is 10.3. The van der Waals surface area contributed by atoms with Crippen LogP contribution in [0, 0.1) is 0 Å². The highest BCUT2D eigenvalue weighted by molar-refractivity contribution is 9.10. The number of benzene rings is 1. The van der Waals surface area contributed by atoms with Crippen molar-refractivity contribution in [1.82, 2.24) is 14.8 Å². The van der Waals surface area contributed by atoms with E-state index in [9.17, 15) is 0 Å². The van der Waals surface area contributed by atoms with Crippen molar-refractivity contribution in [3.8, 4) is 11.6 Å². The molecule has 0 unspecified atom stereocenters. The zero-order chi connectivity index (χ0) is 14.7. The Morgan fingerprint density at radius 3 is 2.86 bits per heavy atom. The highest BCUT2D eigenvalue weighted by Gasteiger charge is 2.14. The minimum atomic E-state index is 0.749. The largest absolute Gasteiger partial charge is 0.461 e. The van der Waals surface area contributed by atoms with E-state index in [1.54, 1.807) is 18.0 Å². The lowest BCUT2D eigenvalue weighted by molar-refractivity contribution is 0.567. The molecule has 0 N–H and O–H groups in total. The van der Waals surface area contributed by atoms with Gasteiger partial charge in [0.2, 0.25) is 0 Å². The molecule has 108 valence electrons. The van der Waals surface area contributed by atoms with Gasteiger partial charge in [-0.15, -0.1) is 10.2 Å². The highest BCUT2D eigenvalue weighted by Crippen LogP contribution is 2.27. The van der Waals surface area contributed by atoms with E-state index in [-0.39, 0.29) is 0 Å². The van der Waals surface area contributed by atoms with Gasteiger partial charge in [-0.1, -0.05) is 39.8 Å². The molecule has 4 nitrogen and oxygen atoms in total. The van der Waals surface area contributed by atoms with Crippen LogP contribution in [0.15, 0.2) is 56.7 Å². The monoisotopic (exact) mass is 363 g/mol. The standard InChI is InChI=1S/C15H14BrN3OS/c1-2-19-14(13-7-4-8-20-13)17-18-15(19)21-10-11-5-3-6-12(16)9-11/h3-9H,2,10H2,1H3. The predicted octanol–water partition coefficient (Wildman–Crippen LogP) is 4.61. The van der Waals surface area contributed by atoms with Crippen molar-refractivity contribution in [2.24, 2.45) is 0 Å². The molecule has 2 aromatic heterocycles. The molecular weight excluding hydrogens is 350 g/mol. The number of aromatic nitrogens is 3. The third-order valence-corrected chi connectivity index (χ3v) is 4.56. The van der Waals surface area contributed by atoms with Crippen molar-refractivity contribution in [2.75, 3.05) is 0 Å². The van der Waals surface area contributed by atoms with Crippen molar-refractivity contribution in [2.45, 2.75) is 24.4 Å². The Morgan fingerprint density at radius 2 is 2.14 bits per heavy atom. The van der Waals surface area contributed by atoms with Crippen LogP contribution in [0.1, 0.15) is 12.5 Å². The SMILES string of the molecule is CCn1c(SCc2cccc(Br)c2)nnc1-c1ccco1. The first kappa shape index (κ1) is 14.4. The maximum atomic E-state index is 5.42. The summed E-state index contributed by atoms with van der Waals surface area (Å²) in [5.41, 5.74) is 1.25. The van der Waals surface area contributed by atoms with Crippen LogP contribution >= 0.6 is 27.7 Å². The second-order valence-corrected chi connectivity index (χ2v) is 6.30. The van der Waals surface area contributed by atoms with E-state index in [1.807, 2.05) is 24.3 Å². The van der Waals surface area contributed by atoms with Crippen LogP contribution in [0.25, 0.3) is 11.6 Å². The van der Waals surface area contributed by atoms with E-state index in [1.165, 1.54) is 5.56 Å². The second-order valence-electron chi connectivity index (χ2n) is 4.45. The van der Waals surface area contributed by atoms with E-state index in [2.05, 4.69) is 49.8 Å². The maximum Gasteiger partial charge on any atom is 0.200 e. The van der Waals surface area contributed by atoms with E-state index in [0.29, 0.717) is 0 Å². The smallest absolute Gasteiger partial charge is 0.200 e. The van der Waals surface area contributed by atoms with Gasteiger partial charge in [-0.2, -0.15) is 0 Å². The Bertz CT molecular complexity index is 724. The highest BCUT2D eigenvalue weighted by atomic mass is 79.9. The number of thioether (sulfide) groups is 1. The number of nitrogens with zero attached hydrogens (tertiary/aromatic N) is 3. The molecule has 0 amide bonds. The molecular formula is C15H14BrN3OS. The molecule has 0 atom stereocenters. The molecule has 0 saturated carbocycles. The van der Waals surface area contributed by atoms with E-state index >= 15 is 0 Å². The van der Waals surface area contributed by atoms with Gasteiger partial charge in [-0.25, -0.2) is 0 Å². The zero-order valence-electron chi connectivity index (χ0n) is 11.5. The van der Waals surface area contributed by atoms with Gasteiger partial charge in [0.15, 0.2) is 16.7 Å². The molecule has 6 heteroatoms. The molecule has 0 fully saturated rings. The predicted molar refractivity (Wildman–Crippen MR) is 87.1 cm³/mol. The van der Waals surface area contributed by atoms with E-state index in [0.717, 1.165) is 33.5 Å². The number of hydrogen-bond donors (Lipinski definition) is 0. The molecule has 0 bridgehead atoms. The summed E-state index contributed by atoms with van der Waals surface area (Å²) in [6, 6.07) is 12.1. The van der Waals surface area contributed by atoms with Crippen LogP contribution in [-0.2, 0) is 12.3 Å². The third kappa shape index (κ3) is 3.22. The van der Waals surface area contributed by atoms with E-state index < -0.39 is 0 Å². The van der Waals surface area contributed by atoms with Gasteiger partial charge in [0, 0.05) is 16.8 Å². The second kappa shape index (κ2) is 6.49. The molecule has 0 aliphatic rings. The van der Waals surface area contributed by atoms with Crippen molar-refractivity contribution in [3.05, 3.63) is 52.7 Å². The first-order valence-corrected chi connectivity index (χ1v) is 8.40. The summed E-state index contributed by atoms with van der Waals surface area (Å²) < 4.78 is 8.58. The molecule has 2 heterocycles. The molecule has 1 aromatic carbocycles. The summed E-state index contributed by atoms with van der Waals surface area (Å²) in [6.45, 7) is 2.89. The Hall–Kier alpha value is -1.53. The van der Waals surface area contributed by atoms with Crippen molar-refractivity contribution in [3.63, 3.8) is 0 Å². The van der Waals surface area contributed by atoms with Crippen LogP contribution in [0.4, 0.5) is 0 Å². The fourth-order valence-corrected chi connectivity index (χ4v) is 3.44. The first-order valence-electron chi connectivity index (χ1n) is 6.62. The van der Waals surface area contributed by atoms with Crippen LogP contribution in [-0.4, -0.2) is 14.8 Å². The fourth-order valence-electron chi connectivity index (χ4n) is 2.04. The minimum Gasteiger partial charge on any atom is -0.461 e. The average molecular weight is 364 g/mol. The maximum absolute atomic E-state index is 5.42. The lowest BCUT2D eigenvalue weighted by Gasteiger charge is -2.06. The summed E-state index contributed by atoms with van der Waals surface area (Å²) >= 11 is 5.17. The Kier molecular flexibility index (Phi) is 4.45. The number of furan rings is 1. The van der Waals surface area contributed by atoms with E-state index in [4.69, 9.17) is 4.42 Å². The van der Waals surface area contributed by atoms with Gasteiger partial charge < -0.3 is 4.42 Å². The topological polar surface area (TPSA) is 43.9 Å². The number of hydrogen-bond acceptors (Lipinski definition) is 4. The van der Waals surface area contributed by atoms with Gasteiger partial charge in [0.25, 0.3) is 0 Å². The lowest BCUT2D eigenvalue weighted by atomic mass is 10.2. The molecule has 0 saturated heterocycles. The van der Waals surface area contributed by atoms with Gasteiger partial charge in [-0.3, -0.25) is 4.57 Å². The molecule has 3 rings (SSSR count). The molecule has 0 radical (unpaired) electrons. The molecule has 0 spiro atoms. The van der Waals surface area contributed by atoms with Crippen LogP contribution < -0.4 is 0 Å². The quantitative estimate of drug-likeness (QED) is 0.620. The average Bonchev–Trinajstić information content (AvgIpc) is 3.13. The fraction of sp³-hybridized carbons (Fsp3) is 0.200. The van der Waals surface area contributed by atoms with Crippen LogP contribution in [0.3, 0.4) is 0 Å².